The van der Waals surface area contributed by atoms with Gasteiger partial charge in [0.25, 0.3) is 0 Å². The standard InChI is InChI=1S/C27H30N2O2/c1-18-15-25-28-16-24(20-9-13-22(14-10-20)31-26(2,3)4)29(25)17-23(18)19-7-11-21(12-8-19)27(5,6)30/h7-17,30H,1-6H3. The molecule has 2 aromatic heterocycles. The van der Waals surface area contributed by atoms with Gasteiger partial charge < -0.3 is 9.84 Å². The second-order valence-electron chi connectivity index (χ2n) is 9.62. The molecule has 160 valence electrons. The Morgan fingerprint density at radius 2 is 1.48 bits per heavy atom. The molecule has 0 saturated heterocycles. The van der Waals surface area contributed by atoms with E-state index in [1.807, 2.05) is 51.2 Å². The third kappa shape index (κ3) is 4.49. The van der Waals surface area contributed by atoms with E-state index in [0.29, 0.717) is 0 Å². The monoisotopic (exact) mass is 414 g/mol. The van der Waals surface area contributed by atoms with Gasteiger partial charge in [0, 0.05) is 17.3 Å². The third-order valence-electron chi connectivity index (χ3n) is 5.33. The Labute approximate surface area is 184 Å². The molecule has 0 amide bonds. The number of pyridine rings is 1. The highest BCUT2D eigenvalue weighted by molar-refractivity contribution is 5.72. The highest BCUT2D eigenvalue weighted by Gasteiger charge is 2.16. The number of imidazole rings is 1. The number of aromatic nitrogens is 2. The zero-order valence-electron chi connectivity index (χ0n) is 19.1. The van der Waals surface area contributed by atoms with Crippen molar-refractivity contribution in [1.82, 2.24) is 9.38 Å². The Morgan fingerprint density at radius 3 is 2.06 bits per heavy atom. The molecule has 31 heavy (non-hydrogen) atoms. The van der Waals surface area contributed by atoms with Gasteiger partial charge in [-0.15, -0.1) is 0 Å². The minimum absolute atomic E-state index is 0.224. The van der Waals surface area contributed by atoms with Crippen molar-refractivity contribution in [3.05, 3.63) is 78.1 Å². The summed E-state index contributed by atoms with van der Waals surface area (Å²) >= 11 is 0. The molecule has 1 N–H and O–H groups in total. The van der Waals surface area contributed by atoms with Gasteiger partial charge in [-0.3, -0.25) is 4.40 Å². The van der Waals surface area contributed by atoms with Gasteiger partial charge >= 0.3 is 0 Å². The molecule has 0 fully saturated rings. The van der Waals surface area contributed by atoms with Crippen molar-refractivity contribution in [2.75, 3.05) is 0 Å². The number of hydrogen-bond donors (Lipinski definition) is 1. The second kappa shape index (κ2) is 7.54. The first kappa shape index (κ1) is 21.1. The van der Waals surface area contributed by atoms with Gasteiger partial charge in [0.2, 0.25) is 0 Å². The van der Waals surface area contributed by atoms with Gasteiger partial charge in [-0.05, 0) is 88.6 Å². The van der Waals surface area contributed by atoms with Crippen LogP contribution in [0.15, 0.2) is 67.0 Å². The van der Waals surface area contributed by atoms with Gasteiger partial charge in [0.05, 0.1) is 17.5 Å². The Morgan fingerprint density at radius 1 is 0.871 bits per heavy atom. The lowest BCUT2D eigenvalue weighted by atomic mass is 9.95. The van der Waals surface area contributed by atoms with Gasteiger partial charge in [-0.25, -0.2) is 4.98 Å². The van der Waals surface area contributed by atoms with E-state index < -0.39 is 5.60 Å². The van der Waals surface area contributed by atoms with E-state index in [4.69, 9.17) is 4.74 Å². The van der Waals surface area contributed by atoms with Crippen LogP contribution in [0.3, 0.4) is 0 Å². The fourth-order valence-corrected chi connectivity index (χ4v) is 3.74. The minimum Gasteiger partial charge on any atom is -0.488 e. The summed E-state index contributed by atoms with van der Waals surface area (Å²) in [6.07, 6.45) is 4.06. The first-order valence-electron chi connectivity index (χ1n) is 10.6. The first-order chi connectivity index (χ1) is 14.5. The van der Waals surface area contributed by atoms with Gasteiger partial charge in [0.15, 0.2) is 0 Å². The van der Waals surface area contributed by atoms with E-state index in [1.165, 1.54) is 0 Å². The normalized spacial score (nSPS) is 12.4. The molecule has 0 bridgehead atoms. The van der Waals surface area contributed by atoms with Crippen LogP contribution in [0.5, 0.6) is 5.75 Å². The summed E-state index contributed by atoms with van der Waals surface area (Å²) in [5, 5.41) is 10.2. The maximum atomic E-state index is 10.2. The summed E-state index contributed by atoms with van der Waals surface area (Å²) in [5.41, 5.74) is 6.27. The number of hydrogen-bond acceptors (Lipinski definition) is 3. The Balaban J connectivity index is 1.73. The van der Waals surface area contributed by atoms with Crippen molar-refractivity contribution in [3.63, 3.8) is 0 Å². The van der Waals surface area contributed by atoms with Crippen LogP contribution in [0.4, 0.5) is 0 Å². The minimum atomic E-state index is -0.849. The molecule has 4 heteroatoms. The number of ether oxygens (including phenoxy) is 1. The number of rotatable bonds is 4. The van der Waals surface area contributed by atoms with Crippen molar-refractivity contribution < 1.29 is 9.84 Å². The van der Waals surface area contributed by atoms with Crippen LogP contribution in [0.1, 0.15) is 45.7 Å². The summed E-state index contributed by atoms with van der Waals surface area (Å²) in [5.74, 6) is 0.855. The predicted molar refractivity (Wildman–Crippen MR) is 126 cm³/mol. The number of fused-ring (bicyclic) bond motifs is 1. The van der Waals surface area contributed by atoms with Crippen LogP contribution in [0.25, 0.3) is 28.0 Å². The smallest absolute Gasteiger partial charge is 0.137 e. The Hall–Kier alpha value is -3.11. The zero-order chi connectivity index (χ0) is 22.4. The van der Waals surface area contributed by atoms with E-state index in [2.05, 4.69) is 52.8 Å². The molecule has 0 unspecified atom stereocenters. The molecule has 0 atom stereocenters. The van der Waals surface area contributed by atoms with Crippen LogP contribution in [-0.4, -0.2) is 20.1 Å². The van der Waals surface area contributed by atoms with Crippen LogP contribution in [0.2, 0.25) is 0 Å². The molecule has 0 spiro atoms. The summed E-state index contributed by atoms with van der Waals surface area (Å²) in [4.78, 5) is 4.62. The van der Waals surface area contributed by atoms with Crippen molar-refractivity contribution in [2.45, 2.75) is 52.7 Å². The van der Waals surface area contributed by atoms with Crippen LogP contribution >= 0.6 is 0 Å². The molecule has 4 rings (SSSR count). The molecular weight excluding hydrogens is 384 g/mol. The molecule has 0 radical (unpaired) electrons. The van der Waals surface area contributed by atoms with Crippen molar-refractivity contribution in [2.24, 2.45) is 0 Å². The maximum absolute atomic E-state index is 10.2. The van der Waals surface area contributed by atoms with E-state index in [-0.39, 0.29) is 5.60 Å². The Kier molecular flexibility index (Phi) is 5.14. The maximum Gasteiger partial charge on any atom is 0.137 e. The molecule has 2 heterocycles. The zero-order valence-corrected chi connectivity index (χ0v) is 19.1. The van der Waals surface area contributed by atoms with Crippen molar-refractivity contribution in [3.8, 4) is 28.1 Å². The molecule has 0 saturated carbocycles. The number of aryl methyl sites for hydroxylation is 1. The summed E-state index contributed by atoms with van der Waals surface area (Å²) in [7, 11) is 0. The summed E-state index contributed by atoms with van der Waals surface area (Å²) in [6.45, 7) is 11.8. The van der Waals surface area contributed by atoms with Crippen molar-refractivity contribution >= 4 is 5.65 Å². The molecule has 2 aromatic carbocycles. The summed E-state index contributed by atoms with van der Waals surface area (Å²) < 4.78 is 8.08. The quantitative estimate of drug-likeness (QED) is 0.421. The lowest BCUT2D eigenvalue weighted by Crippen LogP contribution is -2.22. The van der Waals surface area contributed by atoms with Gasteiger partial charge in [-0.2, -0.15) is 0 Å². The number of nitrogens with zero attached hydrogens (tertiary/aromatic N) is 2. The topological polar surface area (TPSA) is 46.8 Å². The highest BCUT2D eigenvalue weighted by atomic mass is 16.5. The van der Waals surface area contributed by atoms with E-state index in [9.17, 15) is 5.11 Å². The Bertz CT molecular complexity index is 1210. The average Bonchev–Trinajstić information content (AvgIpc) is 3.09. The first-order valence-corrected chi connectivity index (χ1v) is 10.6. The number of aliphatic hydroxyl groups is 1. The van der Waals surface area contributed by atoms with Crippen LogP contribution in [-0.2, 0) is 5.60 Å². The molecule has 0 aliphatic heterocycles. The molecule has 4 aromatic rings. The van der Waals surface area contributed by atoms with Crippen LogP contribution in [0, 0.1) is 6.92 Å². The van der Waals surface area contributed by atoms with Crippen LogP contribution < -0.4 is 4.74 Å². The highest BCUT2D eigenvalue weighted by Crippen LogP contribution is 2.31. The number of benzene rings is 2. The van der Waals surface area contributed by atoms with E-state index in [0.717, 1.165) is 44.9 Å². The average molecular weight is 415 g/mol. The molecule has 4 nitrogen and oxygen atoms in total. The fourth-order valence-electron chi connectivity index (χ4n) is 3.74. The predicted octanol–water partition coefficient (Wildman–Crippen LogP) is 6.38. The summed E-state index contributed by atoms with van der Waals surface area (Å²) in [6, 6.07) is 18.4. The van der Waals surface area contributed by atoms with Crippen molar-refractivity contribution in [1.29, 1.82) is 0 Å². The fraction of sp³-hybridized carbons (Fsp3) is 0.296. The van der Waals surface area contributed by atoms with E-state index >= 15 is 0 Å². The SMILES string of the molecule is Cc1cc2ncc(-c3ccc(OC(C)(C)C)cc3)n2cc1-c1ccc(C(C)(C)O)cc1. The van der Waals surface area contributed by atoms with Gasteiger partial charge in [-0.1, -0.05) is 24.3 Å². The molecular formula is C27H30N2O2. The molecule has 0 aliphatic carbocycles. The third-order valence-corrected chi connectivity index (χ3v) is 5.33. The van der Waals surface area contributed by atoms with Gasteiger partial charge in [0.1, 0.15) is 17.0 Å². The second-order valence-corrected chi connectivity index (χ2v) is 9.62. The van der Waals surface area contributed by atoms with E-state index in [1.54, 1.807) is 13.8 Å². The largest absolute Gasteiger partial charge is 0.488 e. The lowest BCUT2D eigenvalue weighted by molar-refractivity contribution is 0.0786. The molecule has 0 aliphatic rings. The lowest BCUT2D eigenvalue weighted by Gasteiger charge is -2.21.